The Labute approximate surface area is 124 Å². The SMILES string of the molecule is COc1cc(CNCc2cnccn2)cc(OC)c1OC. The zero-order valence-corrected chi connectivity index (χ0v) is 12.4. The van der Waals surface area contributed by atoms with E-state index in [0.29, 0.717) is 30.3 Å². The van der Waals surface area contributed by atoms with Gasteiger partial charge in [0.05, 0.1) is 27.0 Å². The van der Waals surface area contributed by atoms with E-state index in [2.05, 4.69) is 15.3 Å². The minimum absolute atomic E-state index is 0.595. The lowest BCUT2D eigenvalue weighted by Gasteiger charge is -2.14. The van der Waals surface area contributed by atoms with Crippen LogP contribution in [-0.4, -0.2) is 31.3 Å². The van der Waals surface area contributed by atoms with Gasteiger partial charge in [-0.15, -0.1) is 0 Å². The van der Waals surface area contributed by atoms with Crippen LogP contribution in [0.5, 0.6) is 17.2 Å². The first kappa shape index (κ1) is 15.1. The lowest BCUT2D eigenvalue weighted by Crippen LogP contribution is -2.14. The number of rotatable bonds is 7. The number of hydrogen-bond acceptors (Lipinski definition) is 6. The summed E-state index contributed by atoms with van der Waals surface area (Å²) >= 11 is 0. The van der Waals surface area contributed by atoms with E-state index in [-0.39, 0.29) is 0 Å². The van der Waals surface area contributed by atoms with Crippen LogP contribution in [0.15, 0.2) is 30.7 Å². The number of ether oxygens (including phenoxy) is 3. The summed E-state index contributed by atoms with van der Waals surface area (Å²) in [7, 11) is 4.80. The van der Waals surface area contributed by atoms with Crippen molar-refractivity contribution in [3.05, 3.63) is 42.0 Å². The number of methoxy groups -OCH3 is 3. The summed E-state index contributed by atoms with van der Waals surface area (Å²) in [6.07, 6.45) is 5.07. The van der Waals surface area contributed by atoms with Crippen LogP contribution >= 0.6 is 0 Å². The molecule has 6 heteroatoms. The van der Waals surface area contributed by atoms with Crippen LogP contribution < -0.4 is 19.5 Å². The summed E-state index contributed by atoms with van der Waals surface area (Å²) in [6, 6.07) is 3.84. The third-order valence-electron chi connectivity index (χ3n) is 2.98. The van der Waals surface area contributed by atoms with Gasteiger partial charge >= 0.3 is 0 Å². The van der Waals surface area contributed by atoms with Crippen molar-refractivity contribution in [2.45, 2.75) is 13.1 Å². The van der Waals surface area contributed by atoms with Gasteiger partial charge in [0.2, 0.25) is 5.75 Å². The number of aromatic nitrogens is 2. The smallest absolute Gasteiger partial charge is 0.203 e. The monoisotopic (exact) mass is 289 g/mol. The molecule has 0 radical (unpaired) electrons. The lowest BCUT2D eigenvalue weighted by atomic mass is 10.1. The van der Waals surface area contributed by atoms with Gasteiger partial charge in [-0.3, -0.25) is 9.97 Å². The molecule has 0 atom stereocenters. The molecule has 0 saturated carbocycles. The molecular formula is C15H19N3O3. The summed E-state index contributed by atoms with van der Waals surface area (Å²) in [4.78, 5) is 8.24. The molecule has 0 amide bonds. The van der Waals surface area contributed by atoms with Crippen molar-refractivity contribution in [1.29, 1.82) is 0 Å². The standard InChI is InChI=1S/C15H19N3O3/c1-19-13-6-11(7-14(20-2)15(13)21-3)8-17-10-12-9-16-4-5-18-12/h4-7,9,17H,8,10H2,1-3H3. The zero-order chi connectivity index (χ0) is 15.1. The fourth-order valence-electron chi connectivity index (χ4n) is 1.99. The van der Waals surface area contributed by atoms with Gasteiger partial charge < -0.3 is 19.5 Å². The van der Waals surface area contributed by atoms with Gasteiger partial charge in [-0.2, -0.15) is 0 Å². The van der Waals surface area contributed by atoms with Gasteiger partial charge in [0.25, 0.3) is 0 Å². The third-order valence-corrected chi connectivity index (χ3v) is 2.98. The predicted molar refractivity (Wildman–Crippen MR) is 78.7 cm³/mol. The van der Waals surface area contributed by atoms with Crippen LogP contribution in [0.2, 0.25) is 0 Å². The van der Waals surface area contributed by atoms with Crippen LogP contribution in [0, 0.1) is 0 Å². The van der Waals surface area contributed by atoms with E-state index in [4.69, 9.17) is 14.2 Å². The summed E-state index contributed by atoms with van der Waals surface area (Å²) in [6.45, 7) is 1.30. The van der Waals surface area contributed by atoms with Crippen molar-refractivity contribution >= 4 is 0 Å². The largest absolute Gasteiger partial charge is 0.493 e. The fourth-order valence-corrected chi connectivity index (χ4v) is 1.99. The molecule has 112 valence electrons. The molecule has 1 N–H and O–H groups in total. The van der Waals surface area contributed by atoms with E-state index in [0.717, 1.165) is 11.3 Å². The van der Waals surface area contributed by atoms with Crippen LogP contribution in [0.3, 0.4) is 0 Å². The van der Waals surface area contributed by atoms with E-state index in [9.17, 15) is 0 Å². The molecule has 0 aliphatic heterocycles. The molecule has 21 heavy (non-hydrogen) atoms. The molecule has 0 fully saturated rings. The summed E-state index contributed by atoms with van der Waals surface area (Å²) in [5, 5.41) is 3.30. The lowest BCUT2D eigenvalue weighted by molar-refractivity contribution is 0.323. The number of nitrogens with one attached hydrogen (secondary N) is 1. The van der Waals surface area contributed by atoms with Gasteiger partial charge in [-0.1, -0.05) is 0 Å². The molecule has 0 bridgehead atoms. The first-order valence-electron chi connectivity index (χ1n) is 6.53. The molecule has 0 aliphatic rings. The number of nitrogens with zero attached hydrogens (tertiary/aromatic N) is 2. The number of hydrogen-bond donors (Lipinski definition) is 1. The maximum absolute atomic E-state index is 5.33. The molecule has 0 unspecified atom stereocenters. The Morgan fingerprint density at radius 3 is 2.19 bits per heavy atom. The Morgan fingerprint density at radius 1 is 0.952 bits per heavy atom. The minimum Gasteiger partial charge on any atom is -0.493 e. The second kappa shape index (κ2) is 7.44. The van der Waals surface area contributed by atoms with Crippen LogP contribution in [0.4, 0.5) is 0 Å². The van der Waals surface area contributed by atoms with E-state index >= 15 is 0 Å². The minimum atomic E-state index is 0.595. The highest BCUT2D eigenvalue weighted by Crippen LogP contribution is 2.38. The van der Waals surface area contributed by atoms with Crippen LogP contribution in [0.25, 0.3) is 0 Å². The Kier molecular flexibility index (Phi) is 5.34. The quantitative estimate of drug-likeness (QED) is 0.838. The molecular weight excluding hydrogens is 270 g/mol. The fraction of sp³-hybridized carbons (Fsp3) is 0.333. The maximum Gasteiger partial charge on any atom is 0.203 e. The zero-order valence-electron chi connectivity index (χ0n) is 12.4. The van der Waals surface area contributed by atoms with Crippen molar-refractivity contribution in [2.75, 3.05) is 21.3 Å². The molecule has 0 spiro atoms. The molecule has 6 nitrogen and oxygen atoms in total. The molecule has 0 aliphatic carbocycles. The van der Waals surface area contributed by atoms with E-state index in [1.165, 1.54) is 0 Å². The van der Waals surface area contributed by atoms with E-state index < -0.39 is 0 Å². The third kappa shape index (κ3) is 3.82. The average Bonchev–Trinajstić information content (AvgIpc) is 2.54. The van der Waals surface area contributed by atoms with Crippen LogP contribution in [-0.2, 0) is 13.1 Å². The average molecular weight is 289 g/mol. The molecule has 0 saturated heterocycles. The Bertz CT molecular complexity index is 551. The summed E-state index contributed by atoms with van der Waals surface area (Å²) in [5.74, 6) is 1.89. The van der Waals surface area contributed by atoms with Gasteiger partial charge in [-0.25, -0.2) is 0 Å². The Balaban J connectivity index is 2.06. The van der Waals surface area contributed by atoms with Crippen molar-refractivity contribution in [2.24, 2.45) is 0 Å². The van der Waals surface area contributed by atoms with Crippen molar-refractivity contribution < 1.29 is 14.2 Å². The molecule has 1 aromatic carbocycles. The Hall–Kier alpha value is -2.34. The van der Waals surface area contributed by atoms with Crippen LogP contribution in [0.1, 0.15) is 11.3 Å². The van der Waals surface area contributed by atoms with E-state index in [1.54, 1.807) is 39.9 Å². The second-order valence-corrected chi connectivity index (χ2v) is 4.33. The van der Waals surface area contributed by atoms with E-state index in [1.807, 2.05) is 12.1 Å². The Morgan fingerprint density at radius 2 is 1.67 bits per heavy atom. The second-order valence-electron chi connectivity index (χ2n) is 4.33. The van der Waals surface area contributed by atoms with Crippen molar-refractivity contribution in [3.8, 4) is 17.2 Å². The molecule has 2 aromatic rings. The normalized spacial score (nSPS) is 10.2. The van der Waals surface area contributed by atoms with Gasteiger partial charge in [-0.05, 0) is 17.7 Å². The highest BCUT2D eigenvalue weighted by atomic mass is 16.5. The summed E-state index contributed by atoms with van der Waals surface area (Å²) in [5.41, 5.74) is 1.93. The highest BCUT2D eigenvalue weighted by molar-refractivity contribution is 5.53. The first-order chi connectivity index (χ1) is 10.3. The van der Waals surface area contributed by atoms with Gasteiger partial charge in [0, 0.05) is 31.7 Å². The van der Waals surface area contributed by atoms with Gasteiger partial charge in [0.1, 0.15) is 0 Å². The summed E-state index contributed by atoms with van der Waals surface area (Å²) < 4.78 is 16.0. The topological polar surface area (TPSA) is 65.5 Å². The first-order valence-corrected chi connectivity index (χ1v) is 6.53. The number of benzene rings is 1. The highest BCUT2D eigenvalue weighted by Gasteiger charge is 2.12. The maximum atomic E-state index is 5.33. The molecule has 1 heterocycles. The van der Waals surface area contributed by atoms with Crippen molar-refractivity contribution in [3.63, 3.8) is 0 Å². The molecule has 2 rings (SSSR count). The molecule has 1 aromatic heterocycles. The predicted octanol–water partition coefficient (Wildman–Crippen LogP) is 1.79. The van der Waals surface area contributed by atoms with Crippen molar-refractivity contribution in [1.82, 2.24) is 15.3 Å². The van der Waals surface area contributed by atoms with Gasteiger partial charge in [0.15, 0.2) is 11.5 Å².